The minimum Gasteiger partial charge on any atom is -0.452 e. The van der Waals surface area contributed by atoms with Gasteiger partial charge in [0.25, 0.3) is 0 Å². The van der Waals surface area contributed by atoms with Crippen LogP contribution in [0.1, 0.15) is 0 Å². The van der Waals surface area contributed by atoms with Crippen LogP contribution in [0.4, 0.5) is 0 Å². The molecule has 0 aromatic carbocycles. The number of rotatable bonds is 1. The van der Waals surface area contributed by atoms with Gasteiger partial charge >= 0.3 is 6.29 Å². The predicted molar refractivity (Wildman–Crippen MR) is 31.6 cm³/mol. The van der Waals surface area contributed by atoms with Crippen molar-refractivity contribution in [1.82, 2.24) is 5.32 Å². The molecule has 0 unspecified atom stereocenters. The van der Waals surface area contributed by atoms with E-state index < -0.39 is 6.29 Å². The van der Waals surface area contributed by atoms with E-state index in [4.69, 9.17) is 9.47 Å². The van der Waals surface area contributed by atoms with Gasteiger partial charge in [-0.1, -0.05) is 5.16 Å². The van der Waals surface area contributed by atoms with Crippen molar-refractivity contribution in [3.8, 4) is 0 Å². The molecule has 0 aromatic heterocycles. The Morgan fingerprint density at radius 1 is 1.50 bits per heavy atom. The molecule has 0 radical (unpaired) electrons. The van der Waals surface area contributed by atoms with Crippen LogP contribution in [0.5, 0.6) is 0 Å². The number of nitrogens with one attached hydrogen (secondary N) is 1. The molecule has 0 aliphatic carbocycles. The molecule has 54 valence electrons. The highest BCUT2D eigenvalue weighted by Gasteiger charge is 2.23. The van der Waals surface area contributed by atoms with E-state index in [1.807, 2.05) is 0 Å². The quantitative estimate of drug-likeness (QED) is 0.547. The maximum absolute atomic E-state index is 4.96. The summed E-state index contributed by atoms with van der Waals surface area (Å²) in [6.07, 6.45) is 2.49. The Hall–Kier alpha value is -1.39. The molecule has 5 nitrogen and oxygen atoms in total. The fourth-order valence-electron chi connectivity index (χ4n) is 0.735. The third kappa shape index (κ3) is 0.754. The Kier molecular flexibility index (Phi) is 1.13. The van der Waals surface area contributed by atoms with Crippen LogP contribution in [-0.4, -0.2) is 18.9 Å². The van der Waals surface area contributed by atoms with Gasteiger partial charge in [0.2, 0.25) is 5.84 Å². The maximum Gasteiger partial charge on any atom is 0.302 e. The first-order chi connectivity index (χ1) is 4.97. The highest BCUT2D eigenvalue weighted by Crippen LogP contribution is 2.07. The second-order valence-electron chi connectivity index (χ2n) is 1.80. The molecule has 2 rings (SSSR count). The largest absolute Gasteiger partial charge is 0.452 e. The van der Waals surface area contributed by atoms with Crippen LogP contribution in [0.2, 0.25) is 0 Å². The van der Waals surface area contributed by atoms with Crippen LogP contribution in [0.15, 0.2) is 17.7 Å². The van der Waals surface area contributed by atoms with E-state index in [2.05, 4.69) is 15.3 Å². The zero-order chi connectivity index (χ0) is 6.81. The molecule has 0 bridgehead atoms. The van der Waals surface area contributed by atoms with E-state index in [1.54, 1.807) is 0 Å². The smallest absolute Gasteiger partial charge is 0.302 e. The van der Waals surface area contributed by atoms with Crippen molar-refractivity contribution in [2.24, 2.45) is 5.16 Å². The minimum absolute atomic E-state index is 0.387. The van der Waals surface area contributed by atoms with Crippen LogP contribution in [0, 0.1) is 0 Å². The van der Waals surface area contributed by atoms with Crippen LogP contribution < -0.4 is 5.32 Å². The second kappa shape index (κ2) is 2.09. The van der Waals surface area contributed by atoms with Crippen molar-refractivity contribution >= 4 is 5.84 Å². The van der Waals surface area contributed by atoms with Gasteiger partial charge in [0.05, 0.1) is 0 Å². The molecular weight excluding hydrogens is 136 g/mol. The molecule has 0 spiro atoms. The van der Waals surface area contributed by atoms with E-state index in [1.165, 1.54) is 12.5 Å². The van der Waals surface area contributed by atoms with Gasteiger partial charge in [-0.2, -0.15) is 0 Å². The zero-order valence-electron chi connectivity index (χ0n) is 5.11. The molecule has 0 amide bonds. The first kappa shape index (κ1) is 5.40. The first-order valence-electron chi connectivity index (χ1n) is 2.86. The highest BCUT2D eigenvalue weighted by atomic mass is 16.7. The summed E-state index contributed by atoms with van der Waals surface area (Å²) in [5, 5.41) is 6.47. The third-order valence-electron chi connectivity index (χ3n) is 1.16. The lowest BCUT2D eigenvalue weighted by Crippen LogP contribution is -2.31. The molecule has 2 heterocycles. The maximum atomic E-state index is 4.96. The molecule has 0 saturated carbocycles. The summed E-state index contributed by atoms with van der Waals surface area (Å²) in [5.41, 5.74) is 0. The van der Waals surface area contributed by atoms with E-state index in [-0.39, 0.29) is 0 Å². The topological polar surface area (TPSA) is 52.1 Å². The van der Waals surface area contributed by atoms with Crippen LogP contribution in [0.25, 0.3) is 0 Å². The van der Waals surface area contributed by atoms with Gasteiger partial charge in [-0.15, -0.1) is 0 Å². The predicted octanol–water partition coefficient (Wildman–Crippen LogP) is -0.279. The van der Waals surface area contributed by atoms with Crippen molar-refractivity contribution in [2.45, 2.75) is 6.29 Å². The third-order valence-corrected chi connectivity index (χ3v) is 1.16. The van der Waals surface area contributed by atoms with Gasteiger partial charge in [-0.25, -0.2) is 0 Å². The molecule has 0 saturated heterocycles. The molecule has 5 heteroatoms. The van der Waals surface area contributed by atoms with E-state index in [0.29, 0.717) is 12.6 Å². The lowest BCUT2D eigenvalue weighted by atomic mass is 10.6. The van der Waals surface area contributed by atoms with Crippen molar-refractivity contribution in [3.63, 3.8) is 0 Å². The Labute approximate surface area is 57.2 Å². The Morgan fingerprint density at radius 2 is 2.30 bits per heavy atom. The fraction of sp³-hybridized carbons (Fsp3) is 0.400. The molecular formula is C5H6N2O3. The second-order valence-corrected chi connectivity index (χ2v) is 1.80. The number of oxime groups is 1. The SMILES string of the molecule is C1=COC(C2=NOCN2)O1. The number of nitrogens with zero attached hydrogens (tertiary/aromatic N) is 1. The van der Waals surface area contributed by atoms with Gasteiger partial charge in [-0.3, -0.25) is 0 Å². The van der Waals surface area contributed by atoms with Crippen molar-refractivity contribution in [3.05, 3.63) is 12.5 Å². The molecule has 2 aliphatic rings. The van der Waals surface area contributed by atoms with Gasteiger partial charge in [0.1, 0.15) is 12.5 Å². The Morgan fingerprint density at radius 3 is 2.90 bits per heavy atom. The van der Waals surface area contributed by atoms with Crippen molar-refractivity contribution in [2.75, 3.05) is 6.73 Å². The molecule has 0 aromatic rings. The van der Waals surface area contributed by atoms with Crippen LogP contribution >= 0.6 is 0 Å². The van der Waals surface area contributed by atoms with E-state index in [0.717, 1.165) is 0 Å². The molecule has 1 N–H and O–H groups in total. The zero-order valence-corrected chi connectivity index (χ0v) is 5.11. The highest BCUT2D eigenvalue weighted by molar-refractivity contribution is 5.85. The minimum atomic E-state index is -0.442. The van der Waals surface area contributed by atoms with E-state index >= 15 is 0 Å². The number of hydrogen-bond acceptors (Lipinski definition) is 5. The first-order valence-corrected chi connectivity index (χ1v) is 2.86. The fourth-order valence-corrected chi connectivity index (χ4v) is 0.735. The van der Waals surface area contributed by atoms with E-state index in [9.17, 15) is 0 Å². The van der Waals surface area contributed by atoms with Gasteiger partial charge < -0.3 is 19.6 Å². The lowest BCUT2D eigenvalue weighted by Gasteiger charge is -2.06. The lowest BCUT2D eigenvalue weighted by molar-refractivity contribution is 0.0334. The molecule has 10 heavy (non-hydrogen) atoms. The molecule has 2 aliphatic heterocycles. The molecule has 0 atom stereocenters. The Bertz CT molecular complexity index is 181. The van der Waals surface area contributed by atoms with Crippen molar-refractivity contribution < 1.29 is 14.3 Å². The monoisotopic (exact) mass is 142 g/mol. The number of hydrogen-bond donors (Lipinski definition) is 1. The summed E-state index contributed by atoms with van der Waals surface area (Å²) < 4.78 is 9.92. The number of ether oxygens (including phenoxy) is 2. The summed E-state index contributed by atoms with van der Waals surface area (Å²) >= 11 is 0. The summed E-state index contributed by atoms with van der Waals surface area (Å²) in [7, 11) is 0. The summed E-state index contributed by atoms with van der Waals surface area (Å²) in [6.45, 7) is 0.387. The summed E-state index contributed by atoms with van der Waals surface area (Å²) in [4.78, 5) is 4.66. The van der Waals surface area contributed by atoms with Crippen LogP contribution in [-0.2, 0) is 14.3 Å². The van der Waals surface area contributed by atoms with Gasteiger partial charge in [-0.05, 0) is 0 Å². The van der Waals surface area contributed by atoms with Crippen molar-refractivity contribution in [1.29, 1.82) is 0 Å². The summed E-state index contributed by atoms with van der Waals surface area (Å²) in [5.74, 6) is 0.574. The van der Waals surface area contributed by atoms with Crippen LogP contribution in [0.3, 0.4) is 0 Å². The Balaban J connectivity index is 1.99. The standard InChI is InChI=1S/C5H6N2O3/c1-2-9-5(8-1)4-6-3-10-7-4/h1-2,5H,3H2,(H,6,7). The number of amidine groups is 1. The average Bonchev–Trinajstić information content (AvgIpc) is 2.59. The normalized spacial score (nSPS) is 22.6. The average molecular weight is 142 g/mol. The van der Waals surface area contributed by atoms with Gasteiger partial charge in [0, 0.05) is 0 Å². The molecule has 0 fully saturated rings. The summed E-state index contributed by atoms with van der Waals surface area (Å²) in [6, 6.07) is 0. The van der Waals surface area contributed by atoms with Gasteiger partial charge in [0.15, 0.2) is 6.73 Å².